The van der Waals surface area contributed by atoms with Gasteiger partial charge in [0.2, 0.25) is 0 Å². The van der Waals surface area contributed by atoms with E-state index in [0.29, 0.717) is 131 Å². The molecule has 4 saturated heterocycles. The molecular formula is C86H89Cl4F9N18O6S4. The van der Waals surface area contributed by atoms with Crippen LogP contribution in [-0.4, -0.2) is 135 Å². The average molecular weight is 1910 g/mol. The highest BCUT2D eigenvalue weighted by Gasteiger charge is 2.59. The molecular weight excluding hydrogens is 1820 g/mol. The Morgan fingerprint density at radius 3 is 1.09 bits per heavy atom. The summed E-state index contributed by atoms with van der Waals surface area (Å²) in [5, 5.41) is 48.4. The van der Waals surface area contributed by atoms with Crippen LogP contribution in [0, 0.1) is 19.7 Å². The molecule has 20 rings (SSSR count). The van der Waals surface area contributed by atoms with E-state index in [1.165, 1.54) is 77.5 Å². The summed E-state index contributed by atoms with van der Waals surface area (Å²) in [6, 6.07) is 25.0. The number of aromatic nitrogens is 14. The van der Waals surface area contributed by atoms with Gasteiger partial charge in [0.25, 0.3) is 23.7 Å². The van der Waals surface area contributed by atoms with Crippen molar-refractivity contribution in [3.05, 3.63) is 250 Å². The molecule has 18 heterocycles. The SMILES string of the molecule is COc1cc(F)cc(Cn2cc([C@@H]3C[C@]4(C[C@H](C)N3)OCC(F)(F)c3cc(Cl)sc34)nn2)c1.COc1ccc(Cn2cc([C@@H]3C[C@]4(C[C@H](C)N3)OCC(F)(F)c3cc(Cl)sc34)nn2)cc1.Cc1cc(Cn2cc([C@@H]3C[C@]4(C[C@H](C)N3)OCC(F)(F)c3cc(Cl)sc34)nn2)ccn1.Cc1ccc(Cn2cc([C@@H]3C[C@]4(C[C@H](C)N3)OCC(F)(F)c3cc(Cl)sc34)nn2)nc1. The molecule has 0 radical (unpaired) electrons. The fourth-order valence-electron chi connectivity index (χ4n) is 18.6. The van der Waals surface area contributed by atoms with Gasteiger partial charge in [0, 0.05) is 116 Å². The predicted octanol–water partition coefficient (Wildman–Crippen LogP) is 19.1. The Kier molecular flexibility index (Phi) is 25.7. The normalized spacial score (nSPS) is 27.0. The number of thiophene rings is 4. The lowest BCUT2D eigenvalue weighted by molar-refractivity contribution is -0.183. The fraction of sp³-hybridized carbons (Fsp3) is 0.465. The Labute approximate surface area is 760 Å². The topological polar surface area (TPSA) is 252 Å². The minimum atomic E-state index is -3.07. The molecule has 8 aliphatic rings. The number of nitrogens with zero attached hydrogens (tertiary/aromatic N) is 14. The van der Waals surface area contributed by atoms with Crippen molar-refractivity contribution in [3.63, 3.8) is 0 Å². The molecule has 12 aromatic rings. The molecule has 0 bridgehead atoms. The molecule has 2 aromatic carbocycles. The molecule has 674 valence electrons. The van der Waals surface area contributed by atoms with Crippen molar-refractivity contribution >= 4 is 91.8 Å². The standard InChI is InChI=1S/C22H22ClF3N4O2S.C22H23ClF2N4O2S.2C21H22ClF2N5OS/c1-12-7-21(20-16(6-19(23)33-20)22(25,26)11-32-21)8-17(27-12)18-10-30(29-28-18)9-13-3-14(24)5-15(4-13)31-2;1-13-8-21(20-16(7-19(23)32-20)22(24,25)12-31-21)9-17(26-13)18-11-29(28-27-18)10-14-3-5-15(30-2)6-4-14;1-12-5-14(3-4-25-12)9-29-10-17(27-28-29)16-8-20(7-13(2)26-16)19-15(6-18(22)31-19)21(23,24)11-30-20;1-12-3-4-14(25-8-12)9-29-10-17(27-28-29)16-7-20(6-13(2)26-16)19-15(5-18(22)31-19)21(23,24)11-30-20/h3-6,10,12,17,27H,7-9,11H2,1-2H3;3-7,11,13,17,26H,8-10,12H2,1-2H3;3-6,10,13,16,26H,7-9,11H2,1-2H3;3-5,8,10,13,16,26H,6-7,9,11H2,1-2H3/t12-,17-,21-;13-,17-,21-;2*13-,16-,20-/m0000/s1. The number of methoxy groups -OCH3 is 2. The first-order chi connectivity index (χ1) is 60.4. The maximum Gasteiger partial charge on any atom is 0.297 e. The molecule has 10 aromatic heterocycles. The summed E-state index contributed by atoms with van der Waals surface area (Å²) >= 11 is 29.3. The van der Waals surface area contributed by atoms with E-state index in [9.17, 15) is 39.5 Å². The van der Waals surface area contributed by atoms with Crippen LogP contribution in [0.5, 0.6) is 11.5 Å². The first-order valence-electron chi connectivity index (χ1n) is 41.2. The Hall–Kier alpha value is -8.09. The molecule has 8 aliphatic heterocycles. The maximum absolute atomic E-state index is 14.5. The molecule has 41 heteroatoms. The molecule has 24 nitrogen and oxygen atoms in total. The number of pyridine rings is 2. The van der Waals surface area contributed by atoms with Crippen LogP contribution in [-0.2, 0) is 91.2 Å². The number of ether oxygens (including phenoxy) is 6. The number of aryl methyl sites for hydroxylation is 2. The van der Waals surface area contributed by atoms with Crippen LogP contribution >= 0.6 is 91.8 Å². The van der Waals surface area contributed by atoms with Crippen LogP contribution < -0.4 is 30.7 Å². The van der Waals surface area contributed by atoms with Crippen molar-refractivity contribution in [2.24, 2.45) is 0 Å². The number of alkyl halides is 8. The third kappa shape index (κ3) is 19.4. The van der Waals surface area contributed by atoms with Crippen LogP contribution in [0.15, 0.2) is 128 Å². The van der Waals surface area contributed by atoms with Crippen LogP contribution in [0.4, 0.5) is 39.5 Å². The van der Waals surface area contributed by atoms with E-state index in [1.54, 1.807) is 44.3 Å². The number of hydrogen-bond acceptors (Lipinski definition) is 24. The number of benzene rings is 2. The maximum atomic E-state index is 14.5. The van der Waals surface area contributed by atoms with E-state index in [2.05, 4.69) is 72.5 Å². The Bertz CT molecular complexity index is 5940. The van der Waals surface area contributed by atoms with Gasteiger partial charge in [-0.3, -0.25) is 9.97 Å². The van der Waals surface area contributed by atoms with Gasteiger partial charge in [-0.25, -0.2) is 23.1 Å². The van der Waals surface area contributed by atoms with Gasteiger partial charge in [-0.05, 0) is 156 Å². The summed E-state index contributed by atoms with van der Waals surface area (Å²) in [6.07, 6.45) is 15.2. The zero-order valence-corrected chi connectivity index (χ0v) is 76.1. The van der Waals surface area contributed by atoms with E-state index < -0.39 is 78.3 Å². The lowest BCUT2D eigenvalue weighted by Crippen LogP contribution is -2.51. The summed E-state index contributed by atoms with van der Waals surface area (Å²) in [6.45, 7) is 11.4. The van der Waals surface area contributed by atoms with Crippen molar-refractivity contribution in [1.82, 2.24) is 91.2 Å². The van der Waals surface area contributed by atoms with Crippen LogP contribution in [0.3, 0.4) is 0 Å². The van der Waals surface area contributed by atoms with Crippen molar-refractivity contribution in [3.8, 4) is 11.5 Å². The Morgan fingerprint density at radius 1 is 0.402 bits per heavy atom. The molecule has 0 aliphatic carbocycles. The van der Waals surface area contributed by atoms with Gasteiger partial charge in [-0.2, -0.15) is 35.1 Å². The number of piperidine rings is 4. The number of fused-ring (bicyclic) bond motifs is 8. The minimum Gasteiger partial charge on any atom is -0.497 e. The summed E-state index contributed by atoms with van der Waals surface area (Å²) in [7, 11) is 3.11. The first kappa shape index (κ1) is 90.8. The second-order valence-corrected chi connectivity index (χ2v) is 40.8. The zero-order chi connectivity index (χ0) is 89.5. The third-order valence-electron chi connectivity index (χ3n) is 24.1. The van der Waals surface area contributed by atoms with Crippen molar-refractivity contribution < 1.29 is 67.9 Å². The Balaban J connectivity index is 0.000000119. The highest BCUT2D eigenvalue weighted by molar-refractivity contribution is 7.17. The highest BCUT2D eigenvalue weighted by atomic mass is 35.5. The summed E-state index contributed by atoms with van der Waals surface area (Å²) in [5.74, 6) is -11.3. The van der Waals surface area contributed by atoms with Crippen LogP contribution in [0.1, 0.15) is 201 Å². The summed E-state index contributed by atoms with van der Waals surface area (Å²) in [4.78, 5) is 10.7. The minimum absolute atomic E-state index is 0.00156. The van der Waals surface area contributed by atoms with Crippen molar-refractivity contribution in [2.75, 3.05) is 40.6 Å². The number of nitrogens with one attached hydrogen (secondary N) is 4. The predicted molar refractivity (Wildman–Crippen MR) is 462 cm³/mol. The Morgan fingerprint density at radius 2 is 0.748 bits per heavy atom. The second-order valence-electron chi connectivity index (χ2n) is 34.1. The average Bonchev–Trinajstić information content (AvgIpc) is 1.65. The van der Waals surface area contributed by atoms with E-state index in [4.69, 9.17) is 74.8 Å². The van der Waals surface area contributed by atoms with Crippen molar-refractivity contribution in [1.29, 1.82) is 0 Å². The van der Waals surface area contributed by atoms with Crippen LogP contribution in [0.25, 0.3) is 0 Å². The largest absolute Gasteiger partial charge is 0.497 e. The summed E-state index contributed by atoms with van der Waals surface area (Å²) < 4.78 is 172. The fourth-order valence-corrected chi connectivity index (χ4v) is 24.4. The lowest BCUT2D eigenvalue weighted by atomic mass is 9.78. The monoisotopic (exact) mass is 1910 g/mol. The molecule has 127 heavy (non-hydrogen) atoms. The van der Waals surface area contributed by atoms with E-state index in [-0.39, 0.29) is 70.6 Å². The first-order valence-corrected chi connectivity index (χ1v) is 45.9. The molecule has 12 atom stereocenters. The van der Waals surface area contributed by atoms with Gasteiger partial charge in [0.05, 0.1) is 135 Å². The third-order valence-corrected chi connectivity index (χ3v) is 29.8. The lowest BCUT2D eigenvalue weighted by Gasteiger charge is -2.47. The van der Waals surface area contributed by atoms with Crippen LogP contribution in [0.2, 0.25) is 17.3 Å². The van der Waals surface area contributed by atoms with Gasteiger partial charge in [-0.15, -0.1) is 65.7 Å². The molecule has 0 amide bonds. The van der Waals surface area contributed by atoms with E-state index in [1.807, 2.05) is 115 Å². The zero-order valence-electron chi connectivity index (χ0n) is 69.8. The highest BCUT2D eigenvalue weighted by Crippen LogP contribution is 2.60. The quantitative estimate of drug-likeness (QED) is 0.0738. The molecule has 0 unspecified atom stereocenters. The molecule has 4 fully saturated rings. The smallest absolute Gasteiger partial charge is 0.297 e. The second kappa shape index (κ2) is 35.9. The van der Waals surface area contributed by atoms with E-state index >= 15 is 0 Å². The molecule has 4 spiro atoms. The van der Waals surface area contributed by atoms with Gasteiger partial charge in [-0.1, -0.05) is 85.5 Å². The summed E-state index contributed by atoms with van der Waals surface area (Å²) in [5.41, 5.74) is 5.34. The van der Waals surface area contributed by atoms with Gasteiger partial charge < -0.3 is 49.7 Å². The van der Waals surface area contributed by atoms with Gasteiger partial charge in [0.15, 0.2) is 0 Å². The number of halogens is 13. The molecule has 0 saturated carbocycles. The molecule has 4 N–H and O–H groups in total. The number of hydrogen-bond donors (Lipinski definition) is 4. The van der Waals surface area contributed by atoms with Gasteiger partial charge >= 0.3 is 0 Å². The van der Waals surface area contributed by atoms with E-state index in [0.717, 1.165) is 62.2 Å². The van der Waals surface area contributed by atoms with Crippen molar-refractivity contribution in [2.45, 2.75) is 214 Å². The number of rotatable bonds is 14. The van der Waals surface area contributed by atoms with Gasteiger partial charge in [0.1, 0.15) is 66.1 Å².